The third-order valence-corrected chi connectivity index (χ3v) is 4.97. The molecule has 0 saturated carbocycles. The Morgan fingerprint density at radius 3 is 2.05 bits per heavy atom. The molecular weight excluding hydrogens is 260 g/mol. The number of hydrogen-bond acceptors (Lipinski definition) is 0. The standard InChI is InChI=1S/C17H34Si2/c1-8-9-10-11-13-17(16-19(5,6)7)14-12-15-18(2,3)4/h16H,8-11,13-14H2,1-7H3. The summed E-state index contributed by atoms with van der Waals surface area (Å²) in [6.07, 6.45) is 7.70. The number of hydrogen-bond donors (Lipinski definition) is 0. The summed E-state index contributed by atoms with van der Waals surface area (Å²) >= 11 is 0. The Morgan fingerprint density at radius 2 is 1.58 bits per heavy atom. The van der Waals surface area contributed by atoms with Crippen LogP contribution in [0.15, 0.2) is 11.3 Å². The number of rotatable bonds is 7. The maximum absolute atomic E-state index is 3.50. The Kier molecular flexibility index (Phi) is 8.69. The van der Waals surface area contributed by atoms with Gasteiger partial charge in [-0.15, -0.1) is 11.5 Å². The molecule has 0 aromatic carbocycles. The molecule has 0 aliphatic heterocycles. The molecule has 0 fully saturated rings. The third kappa shape index (κ3) is 14.0. The lowest BCUT2D eigenvalue weighted by Crippen LogP contribution is -2.17. The van der Waals surface area contributed by atoms with Crippen LogP contribution in [0.5, 0.6) is 0 Å². The molecule has 0 aliphatic carbocycles. The van der Waals surface area contributed by atoms with Gasteiger partial charge in [0.15, 0.2) is 0 Å². The zero-order valence-electron chi connectivity index (χ0n) is 14.3. The van der Waals surface area contributed by atoms with Gasteiger partial charge in [0.05, 0.1) is 8.07 Å². The summed E-state index contributed by atoms with van der Waals surface area (Å²) in [5.74, 6) is 3.45. The SMILES string of the molecule is CCCCCCC(=C[Si](C)(C)C)CC#C[Si](C)(C)C. The molecule has 0 heterocycles. The van der Waals surface area contributed by atoms with Gasteiger partial charge in [-0.1, -0.05) is 76.7 Å². The molecule has 2 heteroatoms. The van der Waals surface area contributed by atoms with Gasteiger partial charge in [0, 0.05) is 6.42 Å². The van der Waals surface area contributed by atoms with Crippen LogP contribution in [-0.2, 0) is 0 Å². The van der Waals surface area contributed by atoms with Crippen molar-refractivity contribution in [1.82, 2.24) is 0 Å². The topological polar surface area (TPSA) is 0 Å². The highest BCUT2D eigenvalue weighted by molar-refractivity contribution is 6.83. The first kappa shape index (κ1) is 18.7. The fourth-order valence-electron chi connectivity index (χ4n) is 2.03. The Hall–Kier alpha value is -0.266. The van der Waals surface area contributed by atoms with Crippen LogP contribution in [0.25, 0.3) is 0 Å². The van der Waals surface area contributed by atoms with Gasteiger partial charge in [0.2, 0.25) is 0 Å². The van der Waals surface area contributed by atoms with Crippen molar-refractivity contribution in [2.45, 2.75) is 84.7 Å². The first-order chi connectivity index (χ1) is 8.64. The van der Waals surface area contributed by atoms with Gasteiger partial charge in [-0.3, -0.25) is 0 Å². The molecule has 0 unspecified atom stereocenters. The second kappa shape index (κ2) is 8.82. The van der Waals surface area contributed by atoms with Crippen molar-refractivity contribution >= 4 is 16.1 Å². The van der Waals surface area contributed by atoms with Crippen molar-refractivity contribution in [2.24, 2.45) is 0 Å². The van der Waals surface area contributed by atoms with E-state index in [-0.39, 0.29) is 0 Å². The lowest BCUT2D eigenvalue weighted by Gasteiger charge is -2.13. The van der Waals surface area contributed by atoms with Crippen LogP contribution in [0.1, 0.15) is 45.4 Å². The van der Waals surface area contributed by atoms with Crippen LogP contribution < -0.4 is 0 Å². The highest BCUT2D eigenvalue weighted by atomic mass is 28.3. The Balaban J connectivity index is 4.51. The Labute approximate surface area is 124 Å². The Morgan fingerprint density at radius 1 is 0.947 bits per heavy atom. The van der Waals surface area contributed by atoms with E-state index < -0.39 is 16.1 Å². The molecule has 0 spiro atoms. The zero-order chi connectivity index (χ0) is 14.9. The van der Waals surface area contributed by atoms with Crippen molar-refractivity contribution in [3.05, 3.63) is 11.3 Å². The molecule has 0 N–H and O–H groups in total. The second-order valence-corrected chi connectivity index (χ2v) is 17.5. The zero-order valence-corrected chi connectivity index (χ0v) is 16.3. The predicted octanol–water partition coefficient (Wildman–Crippen LogP) is 6.03. The van der Waals surface area contributed by atoms with Crippen molar-refractivity contribution in [1.29, 1.82) is 0 Å². The fraction of sp³-hybridized carbons (Fsp3) is 0.765. The molecule has 0 saturated heterocycles. The van der Waals surface area contributed by atoms with E-state index in [2.05, 4.69) is 63.4 Å². The molecule has 0 aromatic heterocycles. The lowest BCUT2D eigenvalue weighted by atomic mass is 10.1. The van der Waals surface area contributed by atoms with E-state index in [4.69, 9.17) is 0 Å². The molecule has 0 aliphatic rings. The molecule has 19 heavy (non-hydrogen) atoms. The van der Waals surface area contributed by atoms with E-state index in [1.165, 1.54) is 32.1 Å². The van der Waals surface area contributed by atoms with Gasteiger partial charge < -0.3 is 0 Å². The van der Waals surface area contributed by atoms with Gasteiger partial charge in [-0.2, -0.15) is 0 Å². The molecular formula is C17H34Si2. The van der Waals surface area contributed by atoms with Crippen LogP contribution in [0, 0.1) is 11.5 Å². The molecule has 0 bridgehead atoms. The molecule has 0 rings (SSSR count). The van der Waals surface area contributed by atoms with E-state index in [0.717, 1.165) is 6.42 Å². The first-order valence-corrected chi connectivity index (χ1v) is 14.9. The first-order valence-electron chi connectivity index (χ1n) is 7.85. The van der Waals surface area contributed by atoms with Crippen LogP contribution in [0.2, 0.25) is 39.3 Å². The summed E-state index contributed by atoms with van der Waals surface area (Å²) < 4.78 is 0. The van der Waals surface area contributed by atoms with E-state index >= 15 is 0 Å². The molecule has 0 aromatic rings. The minimum Gasteiger partial charge on any atom is -0.132 e. The highest BCUT2D eigenvalue weighted by Crippen LogP contribution is 2.17. The maximum Gasteiger partial charge on any atom is 0.129 e. The van der Waals surface area contributed by atoms with Gasteiger partial charge >= 0.3 is 0 Å². The third-order valence-electron chi connectivity index (χ3n) is 2.77. The van der Waals surface area contributed by atoms with Crippen molar-refractivity contribution in [3.63, 3.8) is 0 Å². The summed E-state index contributed by atoms with van der Waals surface area (Å²) in [6, 6.07) is 0. The average molecular weight is 295 g/mol. The summed E-state index contributed by atoms with van der Waals surface area (Å²) in [7, 11) is -2.31. The highest BCUT2D eigenvalue weighted by Gasteiger charge is 2.11. The van der Waals surface area contributed by atoms with Crippen molar-refractivity contribution < 1.29 is 0 Å². The summed E-state index contributed by atoms with van der Waals surface area (Å²) in [6.45, 7) is 16.5. The minimum atomic E-state index is -1.20. The van der Waals surface area contributed by atoms with Crippen molar-refractivity contribution in [2.75, 3.05) is 0 Å². The second-order valence-electron chi connectivity index (χ2n) is 7.71. The average Bonchev–Trinajstić information content (AvgIpc) is 2.20. The maximum atomic E-state index is 3.50. The summed E-state index contributed by atoms with van der Waals surface area (Å²) in [5, 5.41) is 0. The number of unbranched alkanes of at least 4 members (excludes halogenated alkanes) is 3. The molecule has 0 atom stereocenters. The molecule has 0 nitrogen and oxygen atoms in total. The van der Waals surface area contributed by atoms with Crippen LogP contribution in [0.4, 0.5) is 0 Å². The van der Waals surface area contributed by atoms with Gasteiger partial charge in [-0.25, -0.2) is 0 Å². The van der Waals surface area contributed by atoms with E-state index in [0.29, 0.717) is 0 Å². The fourth-order valence-corrected chi connectivity index (χ4v) is 4.12. The number of allylic oxidation sites excluding steroid dienone is 1. The van der Waals surface area contributed by atoms with Gasteiger partial charge in [0.25, 0.3) is 0 Å². The van der Waals surface area contributed by atoms with Crippen LogP contribution in [-0.4, -0.2) is 16.1 Å². The van der Waals surface area contributed by atoms with Crippen LogP contribution >= 0.6 is 0 Å². The Bertz CT molecular complexity index is 329. The normalized spacial score (nSPS) is 13.1. The van der Waals surface area contributed by atoms with Gasteiger partial charge in [0.1, 0.15) is 8.07 Å². The van der Waals surface area contributed by atoms with E-state index in [9.17, 15) is 0 Å². The van der Waals surface area contributed by atoms with E-state index in [1.807, 2.05) is 0 Å². The summed E-state index contributed by atoms with van der Waals surface area (Å²) in [4.78, 5) is 0. The smallest absolute Gasteiger partial charge is 0.129 e. The quantitative estimate of drug-likeness (QED) is 0.305. The predicted molar refractivity (Wildman–Crippen MR) is 95.9 cm³/mol. The monoisotopic (exact) mass is 294 g/mol. The summed E-state index contributed by atoms with van der Waals surface area (Å²) in [5.41, 5.74) is 7.70. The largest absolute Gasteiger partial charge is 0.132 e. The van der Waals surface area contributed by atoms with Crippen LogP contribution in [0.3, 0.4) is 0 Å². The molecule has 0 amide bonds. The molecule has 110 valence electrons. The minimum absolute atomic E-state index is 1.01. The van der Waals surface area contributed by atoms with Crippen molar-refractivity contribution in [3.8, 4) is 11.5 Å². The van der Waals surface area contributed by atoms with E-state index in [1.54, 1.807) is 5.57 Å². The van der Waals surface area contributed by atoms with Gasteiger partial charge in [-0.05, 0) is 12.8 Å². The molecule has 0 radical (unpaired) electrons. The lowest BCUT2D eigenvalue weighted by molar-refractivity contribution is 0.661.